The van der Waals surface area contributed by atoms with Gasteiger partial charge in [-0.3, -0.25) is 9.36 Å². The second-order valence-electron chi connectivity index (χ2n) is 4.33. The number of hydrogen-bond donors (Lipinski definition) is 1. The number of ether oxygens (including phenoxy) is 1. The molecule has 19 heavy (non-hydrogen) atoms. The number of fused-ring (bicyclic) bond motifs is 1. The van der Waals surface area contributed by atoms with Crippen molar-refractivity contribution in [1.82, 2.24) is 9.55 Å². The largest absolute Gasteiger partial charge is 0.462 e. The molecule has 7 nitrogen and oxygen atoms in total. The van der Waals surface area contributed by atoms with E-state index in [1.165, 1.54) is 10.8 Å². The molecule has 1 aliphatic rings. The third-order valence-electron chi connectivity index (χ3n) is 3.11. The molecule has 0 radical (unpaired) electrons. The van der Waals surface area contributed by atoms with Gasteiger partial charge in [0.2, 0.25) is 0 Å². The monoisotopic (exact) mass is 265 g/mol. The van der Waals surface area contributed by atoms with Crippen LogP contribution in [0.5, 0.6) is 0 Å². The van der Waals surface area contributed by atoms with Crippen LogP contribution in [0.2, 0.25) is 0 Å². The third-order valence-corrected chi connectivity index (χ3v) is 3.11. The van der Waals surface area contributed by atoms with E-state index in [0.29, 0.717) is 24.4 Å². The molecular formula is C12H15N3O4. The van der Waals surface area contributed by atoms with Crippen molar-refractivity contribution in [1.29, 1.82) is 0 Å². The van der Waals surface area contributed by atoms with Crippen molar-refractivity contribution in [3.8, 4) is 0 Å². The predicted molar refractivity (Wildman–Crippen MR) is 66.7 cm³/mol. The molecule has 1 aliphatic heterocycles. The fourth-order valence-electron chi connectivity index (χ4n) is 2.12. The van der Waals surface area contributed by atoms with Gasteiger partial charge in [0.1, 0.15) is 11.3 Å². The summed E-state index contributed by atoms with van der Waals surface area (Å²) < 4.78 is 6.20. The molecule has 102 valence electrons. The lowest BCUT2D eigenvalue weighted by atomic mass is 10.0. The van der Waals surface area contributed by atoms with Gasteiger partial charge in [-0.05, 0) is 26.7 Å². The first kappa shape index (κ1) is 13.3. The molecule has 1 unspecified atom stereocenters. The van der Waals surface area contributed by atoms with E-state index in [4.69, 9.17) is 9.94 Å². The maximum atomic E-state index is 12.3. The molecule has 1 aromatic rings. The van der Waals surface area contributed by atoms with Crippen LogP contribution in [0.1, 0.15) is 48.9 Å². The fourth-order valence-corrected chi connectivity index (χ4v) is 2.12. The van der Waals surface area contributed by atoms with Crippen molar-refractivity contribution in [3.63, 3.8) is 0 Å². The number of carbonyl (C=O) groups is 1. The molecule has 0 saturated heterocycles. The summed E-state index contributed by atoms with van der Waals surface area (Å²) in [5.74, 6) is -0.380. The van der Waals surface area contributed by atoms with Crippen molar-refractivity contribution in [3.05, 3.63) is 27.9 Å². The van der Waals surface area contributed by atoms with E-state index in [2.05, 4.69) is 10.1 Å². The minimum absolute atomic E-state index is 0.100. The summed E-state index contributed by atoms with van der Waals surface area (Å²) >= 11 is 0. The maximum absolute atomic E-state index is 12.3. The van der Waals surface area contributed by atoms with E-state index in [1.54, 1.807) is 6.92 Å². The molecule has 0 aromatic carbocycles. The number of nitrogens with zero attached hydrogens (tertiary/aromatic N) is 3. The van der Waals surface area contributed by atoms with Gasteiger partial charge in [0.05, 0.1) is 6.61 Å². The Morgan fingerprint density at radius 1 is 1.68 bits per heavy atom. The lowest BCUT2D eigenvalue weighted by Crippen LogP contribution is -2.37. The van der Waals surface area contributed by atoms with E-state index >= 15 is 0 Å². The molecule has 0 saturated carbocycles. The Hall–Kier alpha value is -2.18. The predicted octanol–water partition coefficient (Wildman–Crippen LogP) is 0.953. The van der Waals surface area contributed by atoms with Crippen LogP contribution in [-0.4, -0.2) is 33.0 Å². The van der Waals surface area contributed by atoms with Gasteiger partial charge in [-0.1, -0.05) is 5.16 Å². The minimum Gasteiger partial charge on any atom is -0.462 e. The lowest BCUT2D eigenvalue weighted by molar-refractivity contribution is 0.0522. The molecule has 7 heteroatoms. The van der Waals surface area contributed by atoms with Crippen LogP contribution in [0.15, 0.2) is 16.1 Å². The zero-order valence-corrected chi connectivity index (χ0v) is 10.8. The molecule has 1 aromatic heterocycles. The van der Waals surface area contributed by atoms with Gasteiger partial charge in [-0.25, -0.2) is 9.78 Å². The van der Waals surface area contributed by atoms with Gasteiger partial charge in [0.25, 0.3) is 5.56 Å². The van der Waals surface area contributed by atoms with Gasteiger partial charge in [0.15, 0.2) is 5.82 Å². The fraction of sp³-hybridized carbons (Fsp3) is 0.500. The van der Waals surface area contributed by atoms with Gasteiger partial charge >= 0.3 is 5.97 Å². The average molecular weight is 265 g/mol. The molecule has 2 rings (SSSR count). The summed E-state index contributed by atoms with van der Waals surface area (Å²) in [5.41, 5.74) is -0.209. The highest BCUT2D eigenvalue weighted by Gasteiger charge is 2.27. The first-order valence-corrected chi connectivity index (χ1v) is 6.10. The van der Waals surface area contributed by atoms with Gasteiger partial charge in [-0.2, -0.15) is 0 Å². The van der Waals surface area contributed by atoms with Crippen molar-refractivity contribution >= 4 is 11.7 Å². The Morgan fingerprint density at radius 3 is 3.05 bits per heavy atom. The third kappa shape index (κ3) is 2.23. The Bertz CT molecular complexity index is 591. The molecule has 0 spiro atoms. The molecule has 0 bridgehead atoms. The van der Waals surface area contributed by atoms with E-state index < -0.39 is 11.5 Å². The van der Waals surface area contributed by atoms with Crippen molar-refractivity contribution in [2.45, 2.75) is 32.7 Å². The number of hydrogen-bond acceptors (Lipinski definition) is 6. The Balaban J connectivity index is 2.58. The molecule has 0 aliphatic carbocycles. The smallest absolute Gasteiger partial charge is 0.345 e. The SMILES string of the molecule is CCOC(=O)c1cnc2n(c1=O)C(C)CC/C2=N/O. The zero-order valence-electron chi connectivity index (χ0n) is 10.8. The van der Waals surface area contributed by atoms with E-state index in [-0.39, 0.29) is 18.2 Å². The summed E-state index contributed by atoms with van der Waals surface area (Å²) in [4.78, 5) is 28.0. The van der Waals surface area contributed by atoms with Crippen LogP contribution < -0.4 is 5.56 Å². The van der Waals surface area contributed by atoms with E-state index in [0.717, 1.165) is 0 Å². The number of esters is 1. The summed E-state index contributed by atoms with van der Waals surface area (Å²) in [7, 11) is 0. The normalized spacial score (nSPS) is 20.1. The van der Waals surface area contributed by atoms with Crippen LogP contribution in [0.25, 0.3) is 0 Å². The van der Waals surface area contributed by atoms with Gasteiger partial charge in [-0.15, -0.1) is 0 Å². The Morgan fingerprint density at radius 2 is 2.42 bits per heavy atom. The minimum atomic E-state index is -0.685. The first-order chi connectivity index (χ1) is 9.10. The number of oxime groups is 1. The molecule has 1 atom stereocenters. The highest BCUT2D eigenvalue weighted by atomic mass is 16.5. The number of carbonyl (C=O) groups excluding carboxylic acids is 1. The van der Waals surface area contributed by atoms with Crippen LogP contribution in [0.4, 0.5) is 0 Å². The van der Waals surface area contributed by atoms with E-state index in [1.807, 2.05) is 6.92 Å². The molecule has 0 fully saturated rings. The van der Waals surface area contributed by atoms with Crippen molar-refractivity contribution in [2.75, 3.05) is 6.61 Å². The van der Waals surface area contributed by atoms with Crippen molar-refractivity contribution in [2.24, 2.45) is 5.16 Å². The highest BCUT2D eigenvalue weighted by molar-refractivity contribution is 5.98. The zero-order chi connectivity index (χ0) is 14.0. The second kappa shape index (κ2) is 5.21. The second-order valence-corrected chi connectivity index (χ2v) is 4.33. The van der Waals surface area contributed by atoms with Crippen LogP contribution in [0, 0.1) is 0 Å². The summed E-state index contributed by atoms with van der Waals surface area (Å²) in [6, 6.07) is -0.102. The van der Waals surface area contributed by atoms with Crippen molar-refractivity contribution < 1.29 is 14.7 Å². The summed E-state index contributed by atoms with van der Waals surface area (Å²) in [6.07, 6.45) is 2.37. The lowest BCUT2D eigenvalue weighted by Gasteiger charge is -2.24. The number of aromatic nitrogens is 2. The molecule has 1 N–H and O–H groups in total. The first-order valence-electron chi connectivity index (χ1n) is 6.10. The maximum Gasteiger partial charge on any atom is 0.345 e. The van der Waals surface area contributed by atoms with Crippen LogP contribution >= 0.6 is 0 Å². The topological polar surface area (TPSA) is 93.8 Å². The Kier molecular flexibility index (Phi) is 3.64. The van der Waals surface area contributed by atoms with Crippen LogP contribution in [-0.2, 0) is 4.74 Å². The average Bonchev–Trinajstić information content (AvgIpc) is 2.39. The Labute approximate surface area is 109 Å². The highest BCUT2D eigenvalue weighted by Crippen LogP contribution is 2.21. The quantitative estimate of drug-likeness (QED) is 0.488. The van der Waals surface area contributed by atoms with Gasteiger partial charge in [0, 0.05) is 12.2 Å². The number of rotatable bonds is 2. The summed E-state index contributed by atoms with van der Waals surface area (Å²) in [6.45, 7) is 3.72. The molecular weight excluding hydrogens is 250 g/mol. The molecule has 2 heterocycles. The molecule has 0 amide bonds. The standard InChI is InChI=1S/C12H15N3O4/c1-3-19-12(17)8-6-13-10-9(14-18)5-4-7(2)15(10)11(8)16/h6-7,18H,3-5H2,1-2H3/b14-9-. The van der Waals surface area contributed by atoms with E-state index in [9.17, 15) is 9.59 Å². The summed E-state index contributed by atoms with van der Waals surface area (Å²) in [5, 5.41) is 12.1. The van der Waals surface area contributed by atoms with Crippen LogP contribution in [0.3, 0.4) is 0 Å². The van der Waals surface area contributed by atoms with Gasteiger partial charge < -0.3 is 9.94 Å².